The van der Waals surface area contributed by atoms with Gasteiger partial charge in [-0.05, 0) is 69.9 Å². The minimum atomic E-state index is -0.676. The monoisotopic (exact) mass is 559 g/mol. The molecule has 4 aromatic rings. The molecular weight excluding hydrogens is 520 g/mol. The van der Waals surface area contributed by atoms with Crippen molar-refractivity contribution in [3.8, 4) is 17.0 Å². The molecule has 6 rings (SSSR count). The highest BCUT2D eigenvalue weighted by atomic mass is 32.1. The van der Waals surface area contributed by atoms with Crippen LogP contribution in [0.25, 0.3) is 26.4 Å². The van der Waals surface area contributed by atoms with Crippen LogP contribution in [-0.2, 0) is 0 Å². The number of carbonyl (C=O) groups is 1. The average molecular weight is 560 g/mol. The van der Waals surface area contributed by atoms with Gasteiger partial charge in [-0.15, -0.1) is 0 Å². The summed E-state index contributed by atoms with van der Waals surface area (Å²) >= 11 is 1.44. The first-order chi connectivity index (χ1) is 19.0. The first kappa shape index (κ1) is 27.5. The van der Waals surface area contributed by atoms with Crippen molar-refractivity contribution >= 4 is 32.4 Å². The Labute approximate surface area is 234 Å². The molecule has 0 spiro atoms. The van der Waals surface area contributed by atoms with Gasteiger partial charge in [0.05, 0.1) is 28.6 Å². The van der Waals surface area contributed by atoms with E-state index >= 15 is 0 Å². The number of halogens is 2. The van der Waals surface area contributed by atoms with Crippen molar-refractivity contribution in [1.29, 1.82) is 0 Å². The van der Waals surface area contributed by atoms with E-state index in [0.29, 0.717) is 46.9 Å². The lowest BCUT2D eigenvalue weighted by Gasteiger charge is -2.28. The number of nitrogens with one attached hydrogen (secondary N) is 2. The summed E-state index contributed by atoms with van der Waals surface area (Å²) in [6.45, 7) is 5.43. The van der Waals surface area contributed by atoms with Gasteiger partial charge in [-0.1, -0.05) is 23.5 Å². The van der Waals surface area contributed by atoms with Gasteiger partial charge in [-0.2, -0.15) is 0 Å². The highest BCUT2D eigenvalue weighted by Crippen LogP contribution is 2.34. The number of nitrogens with zero attached hydrogens (tertiary/aromatic N) is 3. The Morgan fingerprint density at radius 1 is 1.23 bits per heavy atom. The molecular formula is C29H39F2N5O2S. The van der Waals surface area contributed by atoms with E-state index in [0.717, 1.165) is 36.3 Å². The van der Waals surface area contributed by atoms with Crippen molar-refractivity contribution in [2.75, 3.05) is 46.4 Å². The molecule has 0 atom stereocenters. The van der Waals surface area contributed by atoms with Gasteiger partial charge in [0.25, 0.3) is 5.91 Å². The maximum absolute atomic E-state index is 14.2. The molecule has 0 radical (unpaired) electrons. The molecule has 0 unspecified atom stereocenters. The van der Waals surface area contributed by atoms with Crippen LogP contribution in [0.1, 0.15) is 45.3 Å². The predicted molar refractivity (Wildman–Crippen MR) is 156 cm³/mol. The number of fused-ring (bicyclic) bond motifs is 3. The van der Waals surface area contributed by atoms with Gasteiger partial charge >= 0.3 is 0 Å². The smallest absolute Gasteiger partial charge is 0.255 e. The number of ether oxygens (including phenoxy) is 1. The zero-order chi connectivity index (χ0) is 27.2. The number of carbonyl (C=O) groups excluding carboxylic acids is 1. The van der Waals surface area contributed by atoms with Crippen molar-refractivity contribution in [3.05, 3.63) is 54.0 Å². The highest BCUT2D eigenvalue weighted by Gasteiger charge is 2.20. The van der Waals surface area contributed by atoms with E-state index < -0.39 is 6.17 Å². The Morgan fingerprint density at radius 3 is 2.69 bits per heavy atom. The molecule has 2 aliphatic heterocycles. The summed E-state index contributed by atoms with van der Waals surface area (Å²) in [5, 5.41) is 6.19. The number of amides is 1. The summed E-state index contributed by atoms with van der Waals surface area (Å²) in [5.41, 5.74) is 2.32. The van der Waals surface area contributed by atoms with Gasteiger partial charge in [0, 0.05) is 40.3 Å². The molecule has 212 valence electrons. The normalized spacial score (nSPS) is 16.4. The molecule has 10 heteroatoms. The van der Waals surface area contributed by atoms with E-state index in [1.807, 2.05) is 16.5 Å². The topological polar surface area (TPSA) is 70.9 Å². The van der Waals surface area contributed by atoms with Gasteiger partial charge < -0.3 is 20.3 Å². The van der Waals surface area contributed by atoms with E-state index in [9.17, 15) is 13.6 Å². The third-order valence-electron chi connectivity index (χ3n) is 7.22. The number of thiazole rings is 1. The molecule has 0 bridgehead atoms. The van der Waals surface area contributed by atoms with Crippen molar-refractivity contribution in [2.24, 2.45) is 0 Å². The lowest BCUT2D eigenvalue weighted by atomic mass is 10.1. The van der Waals surface area contributed by atoms with Crippen molar-refractivity contribution in [1.82, 2.24) is 24.9 Å². The lowest BCUT2D eigenvalue weighted by Crippen LogP contribution is -2.36. The second kappa shape index (κ2) is 12.8. The van der Waals surface area contributed by atoms with Crippen LogP contribution in [0.5, 0.6) is 5.75 Å². The molecule has 2 fully saturated rings. The number of imidazole rings is 1. The number of rotatable bonds is 7. The molecule has 0 saturated carbocycles. The molecule has 2 aromatic carbocycles. The van der Waals surface area contributed by atoms with Crippen LogP contribution in [0.4, 0.5) is 8.78 Å². The van der Waals surface area contributed by atoms with Crippen LogP contribution >= 0.6 is 11.3 Å². The van der Waals surface area contributed by atoms with Gasteiger partial charge in [0.2, 0.25) is 0 Å². The molecule has 2 N–H and O–H groups in total. The number of likely N-dealkylation sites (tertiary alicyclic amines) is 1. The second-order valence-corrected chi connectivity index (χ2v) is 11.0. The van der Waals surface area contributed by atoms with Crippen LogP contribution < -0.4 is 15.4 Å². The SMILES string of the molecule is C1CCNC1.COc1cc2c(cc1C(=O)NCCCN1CCC(F)CC1)sc1nc(-c3ccccc3F)cn12.[HH].[HH]. The Hall–Kier alpha value is -3.08. The van der Waals surface area contributed by atoms with Crippen LogP contribution in [0.15, 0.2) is 42.6 Å². The number of hydrogen-bond acceptors (Lipinski definition) is 6. The summed E-state index contributed by atoms with van der Waals surface area (Å²) in [7, 11) is 1.54. The standard InChI is InChI=1S/C25H26F2N4O2S.C4H9N.2H2/c1-33-22-14-21-23(34-25-29-20(15-31(21)25)17-5-2-3-6-19(17)27)13-18(22)24(32)28-9-4-10-30-11-7-16(26)8-12-30;1-2-4-5-3-1;;/h2-3,5-6,13-16H,4,7-12H2,1H3,(H,28,32);5H,1-4H2;2*1H. The van der Waals surface area contributed by atoms with E-state index in [2.05, 4.69) is 20.5 Å². The molecule has 7 nitrogen and oxygen atoms in total. The fourth-order valence-corrected chi connectivity index (χ4v) is 6.05. The fraction of sp³-hybridized carbons (Fsp3) is 0.448. The summed E-state index contributed by atoms with van der Waals surface area (Å²) < 4.78 is 35.8. The van der Waals surface area contributed by atoms with E-state index in [1.165, 1.54) is 50.4 Å². The summed E-state index contributed by atoms with van der Waals surface area (Å²) in [4.78, 5) is 20.4. The van der Waals surface area contributed by atoms with E-state index in [-0.39, 0.29) is 14.6 Å². The minimum Gasteiger partial charge on any atom is -0.496 e. The van der Waals surface area contributed by atoms with Crippen molar-refractivity contribution < 1.29 is 21.2 Å². The van der Waals surface area contributed by atoms with Crippen LogP contribution in [0.3, 0.4) is 0 Å². The largest absolute Gasteiger partial charge is 0.496 e. The van der Waals surface area contributed by atoms with Crippen LogP contribution in [0, 0.1) is 5.82 Å². The number of aromatic nitrogens is 2. The van der Waals surface area contributed by atoms with Gasteiger partial charge in [0.15, 0.2) is 4.96 Å². The third-order valence-corrected chi connectivity index (χ3v) is 8.24. The summed E-state index contributed by atoms with van der Waals surface area (Å²) in [6.07, 6.45) is 5.89. The fourth-order valence-electron chi connectivity index (χ4n) is 5.02. The number of hydrogen-bond donors (Lipinski definition) is 2. The quantitative estimate of drug-likeness (QED) is 0.281. The van der Waals surface area contributed by atoms with Crippen molar-refractivity contribution in [2.45, 2.75) is 38.3 Å². The van der Waals surface area contributed by atoms with Gasteiger partial charge in [0.1, 0.15) is 17.7 Å². The van der Waals surface area contributed by atoms with E-state index in [4.69, 9.17) is 4.74 Å². The molecule has 1 amide bonds. The third kappa shape index (κ3) is 6.57. The molecule has 4 heterocycles. The highest BCUT2D eigenvalue weighted by molar-refractivity contribution is 7.23. The maximum atomic E-state index is 14.2. The molecule has 2 aliphatic rings. The zero-order valence-corrected chi connectivity index (χ0v) is 23.0. The predicted octanol–water partition coefficient (Wildman–Crippen LogP) is 5.78. The molecule has 2 aromatic heterocycles. The first-order valence-corrected chi connectivity index (χ1v) is 14.4. The Bertz CT molecular complexity index is 1410. The van der Waals surface area contributed by atoms with E-state index in [1.54, 1.807) is 24.4 Å². The Balaban J connectivity index is 0.000000599. The number of benzene rings is 2. The first-order valence-electron chi connectivity index (χ1n) is 13.6. The Kier molecular flexibility index (Phi) is 9.06. The number of alkyl halides is 1. The molecule has 39 heavy (non-hydrogen) atoms. The van der Waals surface area contributed by atoms with Crippen molar-refractivity contribution in [3.63, 3.8) is 0 Å². The summed E-state index contributed by atoms with van der Waals surface area (Å²) in [5.74, 6) is -0.0452. The number of methoxy groups -OCH3 is 1. The molecule has 2 saturated heterocycles. The summed E-state index contributed by atoms with van der Waals surface area (Å²) in [6, 6.07) is 10.2. The van der Waals surface area contributed by atoms with Crippen LogP contribution in [-0.4, -0.2) is 72.7 Å². The minimum absolute atomic E-state index is 0. The van der Waals surface area contributed by atoms with Gasteiger partial charge in [-0.3, -0.25) is 9.20 Å². The maximum Gasteiger partial charge on any atom is 0.255 e. The average Bonchev–Trinajstić information content (AvgIpc) is 3.71. The Morgan fingerprint density at radius 2 is 2.00 bits per heavy atom. The zero-order valence-electron chi connectivity index (χ0n) is 22.2. The van der Waals surface area contributed by atoms with Gasteiger partial charge in [-0.25, -0.2) is 13.8 Å². The number of piperidine rings is 1. The second-order valence-electron chi connectivity index (χ2n) is 9.96. The lowest BCUT2D eigenvalue weighted by molar-refractivity contribution is 0.0947. The van der Waals surface area contributed by atoms with Crippen LogP contribution in [0.2, 0.25) is 0 Å². The molecule has 0 aliphatic carbocycles.